The largest absolute Gasteiger partial charge is 0.481 e. The van der Waals surface area contributed by atoms with E-state index in [0.717, 1.165) is 17.0 Å². The molecule has 1 aromatic carbocycles. The van der Waals surface area contributed by atoms with Crippen LogP contribution in [0.2, 0.25) is 0 Å². The number of hydrogen-bond acceptors (Lipinski definition) is 2. The molecular formula is C14H16N2O2. The highest BCUT2D eigenvalue weighted by atomic mass is 16.4. The zero-order valence-corrected chi connectivity index (χ0v) is 10.5. The van der Waals surface area contributed by atoms with Crippen molar-refractivity contribution in [2.75, 3.05) is 0 Å². The first-order valence-corrected chi connectivity index (χ1v) is 5.82. The molecule has 18 heavy (non-hydrogen) atoms. The number of carboxylic acid groups (broad SMARTS) is 1. The molecule has 0 unspecified atom stereocenters. The molecule has 1 aromatic heterocycles. The molecule has 4 nitrogen and oxygen atoms in total. The number of aliphatic carboxylic acids is 1. The van der Waals surface area contributed by atoms with Gasteiger partial charge in [-0.2, -0.15) is 5.10 Å². The summed E-state index contributed by atoms with van der Waals surface area (Å²) in [5.41, 5.74) is 2.24. The van der Waals surface area contributed by atoms with E-state index >= 15 is 0 Å². The third kappa shape index (κ3) is 2.59. The Morgan fingerprint density at radius 2 is 2.00 bits per heavy atom. The molecule has 0 bridgehead atoms. The molecule has 0 radical (unpaired) electrons. The molecule has 1 heterocycles. The van der Waals surface area contributed by atoms with Crippen molar-refractivity contribution in [2.45, 2.75) is 25.7 Å². The fourth-order valence-corrected chi connectivity index (χ4v) is 1.90. The van der Waals surface area contributed by atoms with E-state index in [1.807, 2.05) is 50.2 Å². The molecule has 2 N–H and O–H groups in total. The number of aromatic nitrogens is 2. The maximum Gasteiger partial charge on any atom is 0.304 e. The average molecular weight is 244 g/mol. The van der Waals surface area contributed by atoms with Crippen molar-refractivity contribution in [3.8, 4) is 11.3 Å². The van der Waals surface area contributed by atoms with Gasteiger partial charge in [-0.15, -0.1) is 0 Å². The molecule has 0 aliphatic carbocycles. The Morgan fingerprint density at radius 1 is 1.33 bits per heavy atom. The highest BCUT2D eigenvalue weighted by Gasteiger charge is 2.26. The van der Waals surface area contributed by atoms with Crippen molar-refractivity contribution in [1.29, 1.82) is 0 Å². The number of benzene rings is 1. The Kier molecular flexibility index (Phi) is 3.19. The second-order valence-corrected chi connectivity index (χ2v) is 4.99. The maximum atomic E-state index is 10.8. The second-order valence-electron chi connectivity index (χ2n) is 4.99. The van der Waals surface area contributed by atoms with E-state index in [4.69, 9.17) is 5.11 Å². The van der Waals surface area contributed by atoms with E-state index in [2.05, 4.69) is 10.2 Å². The Hall–Kier alpha value is -2.10. The fraction of sp³-hybridized carbons (Fsp3) is 0.286. The summed E-state index contributed by atoms with van der Waals surface area (Å²) in [6, 6.07) is 11.7. The lowest BCUT2D eigenvalue weighted by molar-refractivity contribution is -0.138. The monoisotopic (exact) mass is 244 g/mol. The van der Waals surface area contributed by atoms with Crippen molar-refractivity contribution in [3.63, 3.8) is 0 Å². The van der Waals surface area contributed by atoms with Gasteiger partial charge in [0.05, 0.1) is 12.1 Å². The van der Waals surface area contributed by atoms with Crippen molar-refractivity contribution < 1.29 is 9.90 Å². The summed E-state index contributed by atoms with van der Waals surface area (Å²) in [5.74, 6) is -0.809. The molecule has 0 atom stereocenters. The van der Waals surface area contributed by atoms with Crippen molar-refractivity contribution in [3.05, 3.63) is 42.1 Å². The van der Waals surface area contributed by atoms with Crippen LogP contribution in [-0.2, 0) is 10.2 Å². The van der Waals surface area contributed by atoms with Crippen LogP contribution in [0, 0.1) is 0 Å². The van der Waals surface area contributed by atoms with E-state index in [1.54, 1.807) is 0 Å². The lowest BCUT2D eigenvalue weighted by Crippen LogP contribution is -2.22. The number of nitrogens with one attached hydrogen (secondary N) is 1. The van der Waals surface area contributed by atoms with Gasteiger partial charge in [0, 0.05) is 16.7 Å². The van der Waals surface area contributed by atoms with Gasteiger partial charge in [0.25, 0.3) is 0 Å². The summed E-state index contributed by atoms with van der Waals surface area (Å²) in [6.45, 7) is 3.78. The van der Waals surface area contributed by atoms with E-state index < -0.39 is 11.4 Å². The first-order chi connectivity index (χ1) is 8.49. The number of H-pyrrole nitrogens is 1. The van der Waals surface area contributed by atoms with Crippen molar-refractivity contribution in [2.24, 2.45) is 0 Å². The molecule has 0 saturated heterocycles. The maximum absolute atomic E-state index is 10.8. The van der Waals surface area contributed by atoms with Crippen molar-refractivity contribution >= 4 is 5.97 Å². The Labute approximate surface area is 106 Å². The summed E-state index contributed by atoms with van der Waals surface area (Å²) >= 11 is 0. The second kappa shape index (κ2) is 4.64. The molecule has 94 valence electrons. The zero-order valence-electron chi connectivity index (χ0n) is 10.5. The van der Waals surface area contributed by atoms with Crippen LogP contribution in [0.3, 0.4) is 0 Å². The fourth-order valence-electron chi connectivity index (χ4n) is 1.90. The van der Waals surface area contributed by atoms with Crippen LogP contribution in [-0.4, -0.2) is 21.3 Å². The average Bonchev–Trinajstić information content (AvgIpc) is 2.78. The first kappa shape index (κ1) is 12.4. The van der Waals surface area contributed by atoms with Crippen LogP contribution in [0.5, 0.6) is 0 Å². The minimum atomic E-state index is -0.809. The number of carboxylic acids is 1. The summed E-state index contributed by atoms with van der Waals surface area (Å²) in [5, 5.41) is 16.1. The predicted octanol–water partition coefficient (Wildman–Crippen LogP) is 2.83. The highest BCUT2D eigenvalue weighted by Crippen LogP contribution is 2.28. The third-order valence-electron chi connectivity index (χ3n) is 2.97. The van der Waals surface area contributed by atoms with Crippen LogP contribution < -0.4 is 0 Å². The van der Waals surface area contributed by atoms with E-state index in [1.165, 1.54) is 0 Å². The van der Waals surface area contributed by atoms with Gasteiger partial charge >= 0.3 is 5.97 Å². The smallest absolute Gasteiger partial charge is 0.304 e. The van der Waals surface area contributed by atoms with Gasteiger partial charge in [0.15, 0.2) is 0 Å². The Bertz CT molecular complexity index is 544. The normalized spacial score (nSPS) is 11.4. The number of hydrogen-bond donors (Lipinski definition) is 2. The van der Waals surface area contributed by atoms with Crippen LogP contribution >= 0.6 is 0 Å². The minimum absolute atomic E-state index is 0.0728. The van der Waals surface area contributed by atoms with Crippen LogP contribution in [0.1, 0.15) is 26.0 Å². The van der Waals surface area contributed by atoms with Crippen molar-refractivity contribution in [1.82, 2.24) is 10.2 Å². The SMILES string of the molecule is CC(C)(CC(=O)O)c1cc(-c2ccccc2)n[nH]1. The van der Waals surface area contributed by atoms with Gasteiger partial charge in [-0.05, 0) is 6.07 Å². The Balaban J connectivity index is 2.28. The third-order valence-corrected chi connectivity index (χ3v) is 2.97. The summed E-state index contributed by atoms with van der Waals surface area (Å²) in [7, 11) is 0. The summed E-state index contributed by atoms with van der Waals surface area (Å²) in [6.07, 6.45) is 0.0728. The number of rotatable bonds is 4. The van der Waals surface area contributed by atoms with E-state index in [-0.39, 0.29) is 6.42 Å². The lowest BCUT2D eigenvalue weighted by atomic mass is 9.85. The number of nitrogens with zero attached hydrogens (tertiary/aromatic N) is 1. The predicted molar refractivity (Wildman–Crippen MR) is 69.3 cm³/mol. The van der Waals surface area contributed by atoms with E-state index in [9.17, 15) is 4.79 Å². The standard InChI is InChI=1S/C14H16N2O2/c1-14(2,9-13(17)18)12-8-11(15-16-12)10-6-4-3-5-7-10/h3-8H,9H2,1-2H3,(H,15,16)(H,17,18). The molecule has 0 amide bonds. The van der Waals surface area contributed by atoms with Gasteiger partial charge in [-0.1, -0.05) is 44.2 Å². The minimum Gasteiger partial charge on any atom is -0.481 e. The number of carbonyl (C=O) groups is 1. The summed E-state index contributed by atoms with van der Waals surface area (Å²) < 4.78 is 0. The molecule has 2 rings (SSSR count). The highest BCUT2D eigenvalue weighted by molar-refractivity contribution is 5.69. The van der Waals surface area contributed by atoms with Gasteiger partial charge < -0.3 is 5.11 Å². The van der Waals surface area contributed by atoms with Crippen LogP contribution in [0.4, 0.5) is 0 Å². The number of aromatic amines is 1. The molecule has 2 aromatic rings. The molecule has 0 spiro atoms. The molecule has 0 saturated carbocycles. The van der Waals surface area contributed by atoms with Gasteiger partial charge in [0.2, 0.25) is 0 Å². The molecule has 4 heteroatoms. The summed E-state index contributed by atoms with van der Waals surface area (Å²) in [4.78, 5) is 10.8. The molecule has 0 fully saturated rings. The first-order valence-electron chi connectivity index (χ1n) is 5.82. The van der Waals surface area contributed by atoms with E-state index in [0.29, 0.717) is 0 Å². The van der Waals surface area contributed by atoms with Crippen LogP contribution in [0.25, 0.3) is 11.3 Å². The lowest BCUT2D eigenvalue weighted by Gasteiger charge is -2.19. The zero-order chi connectivity index (χ0) is 13.2. The molecule has 0 aliphatic rings. The van der Waals surface area contributed by atoms with Crippen LogP contribution in [0.15, 0.2) is 36.4 Å². The quantitative estimate of drug-likeness (QED) is 0.869. The Morgan fingerprint density at radius 3 is 2.61 bits per heavy atom. The molecular weight excluding hydrogens is 228 g/mol. The molecule has 0 aliphatic heterocycles. The van der Waals surface area contributed by atoms with Gasteiger partial charge in [-0.25, -0.2) is 0 Å². The topological polar surface area (TPSA) is 66.0 Å². The van der Waals surface area contributed by atoms with Gasteiger partial charge in [-0.3, -0.25) is 9.89 Å². The van der Waals surface area contributed by atoms with Gasteiger partial charge in [0.1, 0.15) is 0 Å².